The highest BCUT2D eigenvalue weighted by atomic mass is 19.1. The van der Waals surface area contributed by atoms with E-state index >= 15 is 0 Å². The molecule has 1 N–H and O–H groups in total. The lowest BCUT2D eigenvalue weighted by Gasteiger charge is -2.20. The van der Waals surface area contributed by atoms with Crippen molar-refractivity contribution in [3.8, 4) is 0 Å². The highest BCUT2D eigenvalue weighted by Gasteiger charge is 2.14. The van der Waals surface area contributed by atoms with Crippen LogP contribution in [0.25, 0.3) is 0 Å². The van der Waals surface area contributed by atoms with Crippen molar-refractivity contribution in [2.45, 2.75) is 0 Å². The summed E-state index contributed by atoms with van der Waals surface area (Å²) < 4.78 is 24.8. The molecule has 15 heavy (non-hydrogen) atoms. The Hall–Kier alpha value is -1.49. The quantitative estimate of drug-likeness (QED) is 0.817. The van der Waals surface area contributed by atoms with Gasteiger partial charge in [-0.25, -0.2) is 8.78 Å². The molecule has 0 heterocycles. The predicted octanol–water partition coefficient (Wildman–Crippen LogP) is 1.12. The molecule has 82 valence electrons. The first-order valence-corrected chi connectivity index (χ1v) is 4.41. The van der Waals surface area contributed by atoms with Gasteiger partial charge in [0, 0.05) is 12.2 Å². The van der Waals surface area contributed by atoms with Gasteiger partial charge in [-0.1, -0.05) is 0 Å². The summed E-state index contributed by atoms with van der Waals surface area (Å²) in [6.45, 7) is -1.42. The second kappa shape index (κ2) is 5.41. The third-order valence-corrected chi connectivity index (χ3v) is 1.88. The summed E-state index contributed by atoms with van der Waals surface area (Å²) in [5.74, 6) is -1.19. The average molecular weight is 215 g/mol. The zero-order valence-corrected chi connectivity index (χ0v) is 7.99. The van der Waals surface area contributed by atoms with E-state index in [0.717, 1.165) is 4.90 Å². The second-order valence-electron chi connectivity index (χ2n) is 2.88. The van der Waals surface area contributed by atoms with E-state index < -0.39 is 18.4 Å². The number of carbonyl (C=O) groups is 1. The topological polar surface area (TPSA) is 40.5 Å². The first-order valence-electron chi connectivity index (χ1n) is 4.41. The van der Waals surface area contributed by atoms with Crippen LogP contribution in [0.3, 0.4) is 0 Å². The molecule has 0 aliphatic heterocycles. The fraction of sp³-hybridized carbons (Fsp3) is 0.300. The van der Waals surface area contributed by atoms with Crippen LogP contribution in [-0.2, 0) is 4.79 Å². The minimum absolute atomic E-state index is 0.00557. The van der Waals surface area contributed by atoms with Gasteiger partial charge in [0.05, 0.1) is 6.61 Å². The van der Waals surface area contributed by atoms with E-state index in [9.17, 15) is 13.6 Å². The van der Waals surface area contributed by atoms with Crippen LogP contribution in [0.15, 0.2) is 24.3 Å². The number of amides is 1. The van der Waals surface area contributed by atoms with Gasteiger partial charge in [0.2, 0.25) is 0 Å². The summed E-state index contributed by atoms with van der Waals surface area (Å²) in [4.78, 5) is 12.2. The van der Waals surface area contributed by atoms with Crippen molar-refractivity contribution in [2.75, 3.05) is 24.7 Å². The van der Waals surface area contributed by atoms with Gasteiger partial charge >= 0.3 is 0 Å². The minimum Gasteiger partial charge on any atom is -0.395 e. The standard InChI is InChI=1S/C10H11F2NO2/c11-7-10(15)13(5-6-14)9-3-1-8(12)2-4-9/h1-4,14H,5-7H2. The SMILES string of the molecule is O=C(CF)N(CCO)c1ccc(F)cc1. The number of hydrogen-bond donors (Lipinski definition) is 1. The Morgan fingerprint density at radius 3 is 2.40 bits per heavy atom. The maximum atomic E-state index is 12.6. The summed E-state index contributed by atoms with van der Waals surface area (Å²) in [6, 6.07) is 5.06. The monoisotopic (exact) mass is 215 g/mol. The van der Waals surface area contributed by atoms with E-state index in [4.69, 9.17) is 5.11 Å². The summed E-state index contributed by atoms with van der Waals surface area (Å²) in [5.41, 5.74) is 0.369. The van der Waals surface area contributed by atoms with Gasteiger partial charge in [0.1, 0.15) is 5.82 Å². The van der Waals surface area contributed by atoms with Gasteiger partial charge in [-0.05, 0) is 24.3 Å². The lowest BCUT2D eigenvalue weighted by Crippen LogP contribution is -2.34. The van der Waals surface area contributed by atoms with Crippen LogP contribution in [-0.4, -0.2) is 30.8 Å². The van der Waals surface area contributed by atoms with E-state index in [-0.39, 0.29) is 13.2 Å². The molecule has 0 aliphatic carbocycles. The molecule has 0 saturated carbocycles. The Morgan fingerprint density at radius 1 is 1.33 bits per heavy atom. The Balaban J connectivity index is 2.88. The number of benzene rings is 1. The number of aliphatic hydroxyl groups excluding tert-OH is 1. The van der Waals surface area contributed by atoms with Crippen molar-refractivity contribution in [3.05, 3.63) is 30.1 Å². The molecule has 3 nitrogen and oxygen atoms in total. The van der Waals surface area contributed by atoms with Crippen LogP contribution in [0.5, 0.6) is 0 Å². The van der Waals surface area contributed by atoms with Crippen molar-refractivity contribution in [3.63, 3.8) is 0 Å². The number of hydrogen-bond acceptors (Lipinski definition) is 2. The Kier molecular flexibility index (Phi) is 4.17. The maximum Gasteiger partial charge on any atom is 0.258 e. The number of anilines is 1. The first kappa shape index (κ1) is 11.6. The van der Waals surface area contributed by atoms with E-state index in [1.54, 1.807) is 0 Å². The fourth-order valence-corrected chi connectivity index (χ4v) is 1.19. The first-order chi connectivity index (χ1) is 7.19. The number of alkyl halides is 1. The molecule has 0 spiro atoms. The molecule has 0 saturated heterocycles. The summed E-state index contributed by atoms with van der Waals surface area (Å²) in [5, 5.41) is 8.71. The largest absolute Gasteiger partial charge is 0.395 e. The molecule has 1 rings (SSSR count). The van der Waals surface area contributed by atoms with Gasteiger partial charge < -0.3 is 10.0 Å². The summed E-state index contributed by atoms with van der Waals surface area (Å²) >= 11 is 0. The zero-order valence-electron chi connectivity index (χ0n) is 7.99. The van der Waals surface area contributed by atoms with Crippen molar-refractivity contribution >= 4 is 11.6 Å². The highest BCUT2D eigenvalue weighted by molar-refractivity contribution is 5.94. The maximum absolute atomic E-state index is 12.6. The molecule has 0 atom stereocenters. The molecule has 1 aromatic carbocycles. The molecule has 0 fully saturated rings. The van der Waals surface area contributed by atoms with Crippen LogP contribution in [0, 0.1) is 5.82 Å². The zero-order chi connectivity index (χ0) is 11.3. The molecular weight excluding hydrogens is 204 g/mol. The van der Waals surface area contributed by atoms with Crippen molar-refractivity contribution in [1.82, 2.24) is 0 Å². The van der Waals surface area contributed by atoms with Crippen molar-refractivity contribution < 1.29 is 18.7 Å². The normalized spacial score (nSPS) is 10.1. The predicted molar refractivity (Wildman–Crippen MR) is 51.8 cm³/mol. The number of rotatable bonds is 4. The fourth-order valence-electron chi connectivity index (χ4n) is 1.19. The lowest BCUT2D eigenvalue weighted by atomic mass is 10.2. The lowest BCUT2D eigenvalue weighted by molar-refractivity contribution is -0.119. The van der Waals surface area contributed by atoms with E-state index in [1.165, 1.54) is 24.3 Å². The number of carbonyl (C=O) groups excluding carboxylic acids is 1. The Morgan fingerprint density at radius 2 is 1.93 bits per heavy atom. The van der Waals surface area contributed by atoms with Gasteiger partial charge in [0.25, 0.3) is 5.91 Å². The van der Waals surface area contributed by atoms with Crippen LogP contribution in [0.4, 0.5) is 14.5 Å². The van der Waals surface area contributed by atoms with Gasteiger partial charge in [-0.15, -0.1) is 0 Å². The minimum atomic E-state index is -1.14. The molecule has 0 radical (unpaired) electrons. The number of nitrogens with zero attached hydrogens (tertiary/aromatic N) is 1. The molecule has 0 aromatic heterocycles. The molecule has 5 heteroatoms. The molecule has 0 aliphatic rings. The van der Waals surface area contributed by atoms with Crippen LogP contribution < -0.4 is 4.90 Å². The van der Waals surface area contributed by atoms with E-state index in [0.29, 0.717) is 5.69 Å². The number of halogens is 2. The van der Waals surface area contributed by atoms with Gasteiger partial charge in [-0.3, -0.25) is 4.79 Å². The van der Waals surface area contributed by atoms with Crippen LogP contribution in [0.1, 0.15) is 0 Å². The molecule has 1 aromatic rings. The van der Waals surface area contributed by atoms with Gasteiger partial charge in [0.15, 0.2) is 6.67 Å². The molecular formula is C10H11F2NO2. The van der Waals surface area contributed by atoms with Gasteiger partial charge in [-0.2, -0.15) is 0 Å². The highest BCUT2D eigenvalue weighted by Crippen LogP contribution is 2.14. The van der Waals surface area contributed by atoms with Crippen LogP contribution >= 0.6 is 0 Å². The molecule has 0 unspecified atom stereocenters. The molecule has 0 bridgehead atoms. The Bertz CT molecular complexity index is 327. The van der Waals surface area contributed by atoms with Crippen molar-refractivity contribution in [1.29, 1.82) is 0 Å². The summed E-state index contributed by atoms with van der Waals surface area (Å²) in [7, 11) is 0. The number of aliphatic hydroxyl groups is 1. The average Bonchev–Trinajstić information content (AvgIpc) is 2.26. The third-order valence-electron chi connectivity index (χ3n) is 1.88. The van der Waals surface area contributed by atoms with Crippen molar-refractivity contribution in [2.24, 2.45) is 0 Å². The third kappa shape index (κ3) is 2.99. The molecule has 1 amide bonds. The Labute approximate surface area is 85.9 Å². The second-order valence-corrected chi connectivity index (χ2v) is 2.88. The smallest absolute Gasteiger partial charge is 0.258 e. The van der Waals surface area contributed by atoms with E-state index in [1.807, 2.05) is 0 Å². The van der Waals surface area contributed by atoms with E-state index in [2.05, 4.69) is 0 Å². The summed E-state index contributed by atoms with van der Waals surface area (Å²) in [6.07, 6.45) is 0. The van der Waals surface area contributed by atoms with Crippen LogP contribution in [0.2, 0.25) is 0 Å².